The van der Waals surface area contributed by atoms with Crippen molar-refractivity contribution in [1.29, 1.82) is 10.7 Å². The van der Waals surface area contributed by atoms with Gasteiger partial charge in [0.25, 0.3) is 5.91 Å². The Morgan fingerprint density at radius 2 is 2.09 bits per heavy atom. The molecule has 2 aromatic rings. The molecule has 0 unspecified atom stereocenters. The number of carbonyl (C=O) groups excluding carboxylic acids is 1. The molecule has 4 rings (SSSR count). The number of aromatic nitrogens is 1. The first-order valence-corrected chi connectivity index (χ1v) is 10.0. The molecule has 1 saturated carbocycles. The van der Waals surface area contributed by atoms with Crippen molar-refractivity contribution in [3.8, 4) is 17.3 Å². The molecule has 0 spiro atoms. The van der Waals surface area contributed by atoms with E-state index in [-0.39, 0.29) is 31.0 Å². The molecule has 2 aliphatic rings. The number of hydrogen-bond donors (Lipinski definition) is 2. The summed E-state index contributed by atoms with van der Waals surface area (Å²) < 4.78 is 39.6. The highest BCUT2D eigenvalue weighted by atomic mass is 19.4. The van der Waals surface area contributed by atoms with Crippen LogP contribution in [0.1, 0.15) is 40.0 Å². The van der Waals surface area contributed by atoms with Crippen molar-refractivity contribution >= 4 is 17.7 Å². The van der Waals surface area contributed by atoms with Crippen molar-refractivity contribution in [3.63, 3.8) is 0 Å². The molecule has 1 amide bonds. The molecule has 1 aliphatic heterocycles. The highest BCUT2D eigenvalue weighted by Crippen LogP contribution is 2.57. The third-order valence-corrected chi connectivity index (χ3v) is 6.00. The second-order valence-corrected chi connectivity index (χ2v) is 8.14. The van der Waals surface area contributed by atoms with Crippen LogP contribution in [0.5, 0.6) is 0 Å². The maximum Gasteiger partial charge on any atom is 0.396 e. The predicted octanol–water partition coefficient (Wildman–Crippen LogP) is 4.13. The van der Waals surface area contributed by atoms with Crippen LogP contribution in [0.25, 0.3) is 16.8 Å². The van der Waals surface area contributed by atoms with Crippen LogP contribution in [0.3, 0.4) is 0 Å². The number of allylic oxidation sites excluding steroid dienone is 1. The van der Waals surface area contributed by atoms with Crippen molar-refractivity contribution in [2.75, 3.05) is 13.6 Å². The van der Waals surface area contributed by atoms with Crippen molar-refractivity contribution in [1.82, 2.24) is 15.2 Å². The van der Waals surface area contributed by atoms with Gasteiger partial charge in [-0.1, -0.05) is 12.1 Å². The molecule has 1 fully saturated rings. The van der Waals surface area contributed by atoms with Gasteiger partial charge in [0.05, 0.1) is 11.1 Å². The molecular formula is C23H20F3N5O. The summed E-state index contributed by atoms with van der Waals surface area (Å²) in [4.78, 5) is 18.4. The van der Waals surface area contributed by atoms with E-state index in [0.717, 1.165) is 11.8 Å². The quantitative estimate of drug-likeness (QED) is 0.662. The Kier molecular flexibility index (Phi) is 5.25. The van der Waals surface area contributed by atoms with E-state index in [1.165, 1.54) is 12.3 Å². The third-order valence-electron chi connectivity index (χ3n) is 6.00. The average Bonchev–Trinajstić information content (AvgIpc) is 3.52. The fraction of sp³-hybridized carbons (Fsp3) is 0.304. The smallest absolute Gasteiger partial charge is 0.389 e. The van der Waals surface area contributed by atoms with E-state index in [4.69, 9.17) is 5.41 Å². The zero-order valence-corrected chi connectivity index (χ0v) is 17.3. The number of halogens is 3. The topological polar surface area (TPSA) is 92.9 Å². The third kappa shape index (κ3) is 3.73. The second kappa shape index (κ2) is 7.79. The van der Waals surface area contributed by atoms with Crippen LogP contribution in [-0.4, -0.2) is 41.8 Å². The number of carbonyl (C=O) groups is 1. The molecule has 0 radical (unpaired) electrons. The minimum Gasteiger partial charge on any atom is -0.389 e. The molecule has 1 aromatic carbocycles. The molecule has 1 aromatic heterocycles. The standard InChI is InChI=1S/C23H20F3N5O/c1-31-12-15-3-2-14(8-19(15)21(31)32)20-18(5-4-17(10-28)30-20)16(9-27)11-29-13-22(6-7-22)23(24,25)26/h2-5,8-9,11,27,29H,6-7,12-13H2,1H3/b16-11+,27-9?. The van der Waals surface area contributed by atoms with Crippen LogP contribution in [0.2, 0.25) is 0 Å². The fourth-order valence-electron chi connectivity index (χ4n) is 3.83. The number of hydrogen-bond acceptors (Lipinski definition) is 5. The van der Waals surface area contributed by atoms with Crippen LogP contribution in [0, 0.1) is 22.2 Å². The molecule has 2 heterocycles. The first-order chi connectivity index (χ1) is 15.2. The Balaban J connectivity index is 1.70. The summed E-state index contributed by atoms with van der Waals surface area (Å²) in [7, 11) is 1.71. The molecule has 1 aliphatic carbocycles. The SMILES string of the molecule is CN1Cc2ccc(-c3nc(C#N)ccc3/C(C=N)=C/NCC3(C(F)(F)F)CC3)cc2C1=O. The lowest BCUT2D eigenvalue weighted by molar-refractivity contribution is -0.184. The molecule has 0 bridgehead atoms. The van der Waals surface area contributed by atoms with Gasteiger partial charge in [0.15, 0.2) is 0 Å². The number of alkyl halides is 3. The predicted molar refractivity (Wildman–Crippen MR) is 113 cm³/mol. The Bertz CT molecular complexity index is 1180. The number of amides is 1. The second-order valence-electron chi connectivity index (χ2n) is 8.14. The van der Waals surface area contributed by atoms with Crippen LogP contribution in [0.15, 0.2) is 36.5 Å². The largest absolute Gasteiger partial charge is 0.396 e. The summed E-state index contributed by atoms with van der Waals surface area (Å²) in [5, 5.41) is 19.8. The van der Waals surface area contributed by atoms with E-state index in [1.807, 2.05) is 12.1 Å². The van der Waals surface area contributed by atoms with Crippen LogP contribution < -0.4 is 5.32 Å². The summed E-state index contributed by atoms with van der Waals surface area (Å²) in [6.45, 7) is 0.232. The van der Waals surface area contributed by atoms with Gasteiger partial charge in [0.2, 0.25) is 0 Å². The Hall–Kier alpha value is -3.67. The van der Waals surface area contributed by atoms with E-state index in [0.29, 0.717) is 34.5 Å². The highest BCUT2D eigenvalue weighted by Gasteiger charge is 2.62. The Morgan fingerprint density at radius 3 is 2.72 bits per heavy atom. The number of fused-ring (bicyclic) bond motifs is 1. The summed E-state index contributed by atoms with van der Waals surface area (Å²) in [5.74, 6) is -0.119. The highest BCUT2D eigenvalue weighted by molar-refractivity contribution is 6.10. The minimum atomic E-state index is -4.27. The lowest BCUT2D eigenvalue weighted by Gasteiger charge is -2.19. The molecule has 32 heavy (non-hydrogen) atoms. The molecule has 9 heteroatoms. The van der Waals surface area contributed by atoms with E-state index in [1.54, 1.807) is 30.1 Å². The first kappa shape index (κ1) is 21.6. The zero-order chi connectivity index (χ0) is 23.1. The number of nitrogens with zero attached hydrogens (tertiary/aromatic N) is 3. The molecule has 0 atom stereocenters. The lowest BCUT2D eigenvalue weighted by Crippen LogP contribution is -2.33. The van der Waals surface area contributed by atoms with Crippen molar-refractivity contribution in [3.05, 3.63) is 58.9 Å². The maximum absolute atomic E-state index is 13.2. The van der Waals surface area contributed by atoms with Gasteiger partial charge in [0, 0.05) is 54.8 Å². The fourth-order valence-corrected chi connectivity index (χ4v) is 3.83. The normalized spacial score (nSPS) is 17.0. The number of nitrogens with one attached hydrogen (secondary N) is 2. The minimum absolute atomic E-state index is 0.0819. The van der Waals surface area contributed by atoms with Gasteiger partial charge >= 0.3 is 6.18 Å². The lowest BCUT2D eigenvalue weighted by atomic mass is 9.97. The summed E-state index contributed by atoms with van der Waals surface area (Å²) in [5.41, 5.74) is 1.61. The van der Waals surface area contributed by atoms with Crippen molar-refractivity contribution in [2.45, 2.75) is 25.6 Å². The van der Waals surface area contributed by atoms with E-state index in [2.05, 4.69) is 10.3 Å². The Morgan fingerprint density at radius 1 is 1.34 bits per heavy atom. The molecule has 0 saturated heterocycles. The molecule has 2 N–H and O–H groups in total. The average molecular weight is 439 g/mol. The molecular weight excluding hydrogens is 419 g/mol. The number of pyridine rings is 1. The van der Waals surface area contributed by atoms with Crippen LogP contribution in [0.4, 0.5) is 13.2 Å². The van der Waals surface area contributed by atoms with Crippen LogP contribution in [-0.2, 0) is 6.54 Å². The first-order valence-electron chi connectivity index (χ1n) is 10.0. The summed E-state index contributed by atoms with van der Waals surface area (Å²) >= 11 is 0. The van der Waals surface area contributed by atoms with Gasteiger partial charge in [-0.25, -0.2) is 4.98 Å². The number of nitriles is 1. The van der Waals surface area contributed by atoms with Gasteiger partial charge < -0.3 is 15.6 Å². The summed E-state index contributed by atoms with van der Waals surface area (Å²) in [6.07, 6.45) is -1.71. The van der Waals surface area contributed by atoms with Crippen molar-refractivity contribution in [2.24, 2.45) is 5.41 Å². The number of rotatable bonds is 6. The van der Waals surface area contributed by atoms with Gasteiger partial charge in [0.1, 0.15) is 11.8 Å². The molecule has 164 valence electrons. The summed E-state index contributed by atoms with van der Waals surface area (Å²) in [6, 6.07) is 10.4. The zero-order valence-electron chi connectivity index (χ0n) is 17.3. The van der Waals surface area contributed by atoms with Gasteiger partial charge in [-0.2, -0.15) is 18.4 Å². The van der Waals surface area contributed by atoms with Gasteiger partial charge in [-0.15, -0.1) is 0 Å². The van der Waals surface area contributed by atoms with E-state index >= 15 is 0 Å². The van der Waals surface area contributed by atoms with E-state index < -0.39 is 11.6 Å². The van der Waals surface area contributed by atoms with Gasteiger partial charge in [-0.05, 0) is 36.6 Å². The number of benzene rings is 1. The van der Waals surface area contributed by atoms with Crippen LogP contribution >= 0.6 is 0 Å². The maximum atomic E-state index is 13.2. The molecule has 6 nitrogen and oxygen atoms in total. The monoisotopic (exact) mass is 439 g/mol. The van der Waals surface area contributed by atoms with E-state index in [9.17, 15) is 23.2 Å². The van der Waals surface area contributed by atoms with Gasteiger partial charge in [-0.3, -0.25) is 4.79 Å². The van der Waals surface area contributed by atoms with Crippen molar-refractivity contribution < 1.29 is 18.0 Å². The Labute approximate surface area is 182 Å².